The van der Waals surface area contributed by atoms with Crippen LogP contribution in [0.2, 0.25) is 0 Å². The number of carbonyl (C=O) groups excluding carboxylic acids is 3. The fraction of sp³-hybridized carbons (Fsp3) is 0.550. The van der Waals surface area contributed by atoms with E-state index in [-0.39, 0.29) is 11.8 Å². The fourth-order valence-corrected chi connectivity index (χ4v) is 3.32. The highest BCUT2D eigenvalue weighted by atomic mass is 16.2. The summed E-state index contributed by atoms with van der Waals surface area (Å²) >= 11 is 0. The molecule has 0 bridgehead atoms. The van der Waals surface area contributed by atoms with E-state index >= 15 is 0 Å². The van der Waals surface area contributed by atoms with E-state index in [4.69, 9.17) is 11.5 Å². The number of nitrogens with two attached hydrogens (primary N) is 2. The van der Waals surface area contributed by atoms with Gasteiger partial charge in [-0.1, -0.05) is 39.8 Å². The summed E-state index contributed by atoms with van der Waals surface area (Å²) in [6.07, 6.45) is 0. The first-order valence-corrected chi connectivity index (χ1v) is 9.33. The molecule has 1 heterocycles. The molecule has 4 N–H and O–H groups in total. The Kier molecular flexibility index (Phi) is 6.07. The second-order valence-corrected chi connectivity index (χ2v) is 8.07. The van der Waals surface area contributed by atoms with E-state index in [0.29, 0.717) is 24.5 Å². The first-order valence-electron chi connectivity index (χ1n) is 9.33. The van der Waals surface area contributed by atoms with Crippen molar-refractivity contribution in [3.05, 3.63) is 24.3 Å². The minimum Gasteiger partial charge on any atom is -0.322 e. The number of anilines is 2. The maximum atomic E-state index is 13.4. The van der Waals surface area contributed by atoms with Crippen molar-refractivity contribution in [1.82, 2.24) is 0 Å². The van der Waals surface area contributed by atoms with E-state index in [1.54, 1.807) is 24.3 Å². The molecule has 7 heteroatoms. The van der Waals surface area contributed by atoms with Crippen LogP contribution >= 0.6 is 0 Å². The normalized spacial score (nSPS) is 18.0. The van der Waals surface area contributed by atoms with Crippen LogP contribution in [0.1, 0.15) is 34.6 Å². The largest absolute Gasteiger partial charge is 0.322 e. The van der Waals surface area contributed by atoms with E-state index in [9.17, 15) is 14.4 Å². The van der Waals surface area contributed by atoms with Gasteiger partial charge in [0.1, 0.15) is 0 Å². The number of hydrogen-bond donors (Lipinski definition) is 2. The average molecular weight is 374 g/mol. The Morgan fingerprint density at radius 3 is 1.59 bits per heavy atom. The van der Waals surface area contributed by atoms with Gasteiger partial charge in [-0.25, -0.2) is 0 Å². The molecular weight excluding hydrogens is 344 g/mol. The Balaban J connectivity index is 2.76. The Labute approximate surface area is 160 Å². The maximum absolute atomic E-state index is 13.4. The van der Waals surface area contributed by atoms with E-state index in [1.165, 1.54) is 16.7 Å². The molecule has 0 spiro atoms. The molecule has 0 unspecified atom stereocenters. The predicted octanol–water partition coefficient (Wildman–Crippen LogP) is 1.29. The number of carbonyl (C=O) groups is 3. The zero-order chi connectivity index (χ0) is 20.5. The Hall–Kier alpha value is -2.25. The van der Waals surface area contributed by atoms with Gasteiger partial charge in [-0.15, -0.1) is 0 Å². The summed E-state index contributed by atoms with van der Waals surface area (Å²) in [5, 5.41) is 0. The van der Waals surface area contributed by atoms with Crippen molar-refractivity contribution in [3.8, 4) is 0 Å². The molecule has 2 rings (SSSR count). The number of ketones is 1. The minimum absolute atomic E-state index is 0.114. The van der Waals surface area contributed by atoms with E-state index in [0.717, 1.165) is 0 Å². The number of rotatable bonds is 6. The lowest BCUT2D eigenvalue weighted by Gasteiger charge is -2.32. The lowest BCUT2D eigenvalue weighted by molar-refractivity contribution is -0.142. The van der Waals surface area contributed by atoms with Crippen LogP contribution in [0.5, 0.6) is 0 Å². The van der Waals surface area contributed by atoms with Crippen molar-refractivity contribution in [3.63, 3.8) is 0 Å². The first kappa shape index (κ1) is 21.1. The van der Waals surface area contributed by atoms with Gasteiger partial charge in [0.15, 0.2) is 5.78 Å². The van der Waals surface area contributed by atoms with Gasteiger partial charge in [-0.05, 0) is 30.9 Å². The van der Waals surface area contributed by atoms with E-state index < -0.39 is 29.2 Å². The maximum Gasteiger partial charge on any atom is 0.264 e. The van der Waals surface area contributed by atoms with Crippen molar-refractivity contribution >= 4 is 29.0 Å². The molecule has 0 aromatic heterocycles. The second-order valence-electron chi connectivity index (χ2n) is 8.07. The number of hydrogen-bond acceptors (Lipinski definition) is 5. The third-order valence-corrected chi connectivity index (χ3v) is 4.53. The lowest BCUT2D eigenvalue weighted by Crippen LogP contribution is -2.70. The van der Waals surface area contributed by atoms with Gasteiger partial charge >= 0.3 is 0 Å². The summed E-state index contributed by atoms with van der Waals surface area (Å²) in [6, 6.07) is 6.12. The van der Waals surface area contributed by atoms with Crippen molar-refractivity contribution in [2.24, 2.45) is 23.3 Å². The topological polar surface area (TPSA) is 110 Å². The van der Waals surface area contributed by atoms with Gasteiger partial charge in [-0.2, -0.15) is 0 Å². The molecule has 0 radical (unpaired) electrons. The molecule has 1 aromatic carbocycles. The minimum atomic E-state index is -2.34. The standard InChI is InChI=1S/C20H30N4O3/c1-12(2)10-23-15-8-6-7-9-16(15)24(11-13(3)4)19(27)20(22,18(23)26)17(25)14(5)21/h6-9,12-14H,10-11,21-22H2,1-5H3/t14-/m0/s1. The van der Waals surface area contributed by atoms with Crippen LogP contribution in [0.15, 0.2) is 24.3 Å². The molecule has 0 saturated carbocycles. The number of benzene rings is 1. The molecule has 0 saturated heterocycles. The molecule has 1 aromatic rings. The highest BCUT2D eigenvalue weighted by Gasteiger charge is 2.56. The van der Waals surface area contributed by atoms with Crippen LogP contribution in [0.4, 0.5) is 11.4 Å². The van der Waals surface area contributed by atoms with E-state index in [2.05, 4.69) is 0 Å². The SMILES string of the molecule is CC(C)CN1C(=O)C(N)(C(=O)[C@H](C)N)C(=O)N(CC(C)C)c2ccccc21. The summed E-state index contributed by atoms with van der Waals surface area (Å²) in [5.74, 6) is -1.98. The summed E-state index contributed by atoms with van der Waals surface area (Å²) in [6.45, 7) is 9.95. The van der Waals surface area contributed by atoms with Gasteiger partial charge in [0.25, 0.3) is 11.8 Å². The third-order valence-electron chi connectivity index (χ3n) is 4.53. The van der Waals surface area contributed by atoms with Crippen molar-refractivity contribution in [2.75, 3.05) is 22.9 Å². The van der Waals surface area contributed by atoms with Crippen LogP contribution in [-0.2, 0) is 14.4 Å². The van der Waals surface area contributed by atoms with Crippen LogP contribution in [0.25, 0.3) is 0 Å². The molecule has 1 aliphatic rings. The van der Waals surface area contributed by atoms with Crippen LogP contribution in [0, 0.1) is 11.8 Å². The van der Waals surface area contributed by atoms with Gasteiger partial charge in [0.05, 0.1) is 17.4 Å². The van der Waals surface area contributed by atoms with Gasteiger partial charge in [0, 0.05) is 13.1 Å². The quantitative estimate of drug-likeness (QED) is 0.729. The van der Waals surface area contributed by atoms with Crippen molar-refractivity contribution in [1.29, 1.82) is 0 Å². The van der Waals surface area contributed by atoms with Crippen LogP contribution in [0.3, 0.4) is 0 Å². The zero-order valence-electron chi connectivity index (χ0n) is 16.7. The van der Waals surface area contributed by atoms with E-state index in [1.807, 2.05) is 27.7 Å². The fourth-order valence-electron chi connectivity index (χ4n) is 3.32. The first-order chi connectivity index (χ1) is 12.5. The van der Waals surface area contributed by atoms with Gasteiger partial charge in [0.2, 0.25) is 5.54 Å². The lowest BCUT2D eigenvalue weighted by atomic mass is 9.87. The summed E-state index contributed by atoms with van der Waals surface area (Å²) in [7, 11) is 0. The number of fused-ring (bicyclic) bond motifs is 1. The molecule has 1 aliphatic heterocycles. The van der Waals surface area contributed by atoms with Crippen molar-refractivity contribution < 1.29 is 14.4 Å². The molecule has 27 heavy (non-hydrogen) atoms. The zero-order valence-corrected chi connectivity index (χ0v) is 16.7. The van der Waals surface area contributed by atoms with Crippen molar-refractivity contribution in [2.45, 2.75) is 46.2 Å². The van der Waals surface area contributed by atoms with Crippen LogP contribution in [-0.4, -0.2) is 42.3 Å². The molecular formula is C20H30N4O3. The van der Waals surface area contributed by atoms with Gasteiger partial charge in [-0.3, -0.25) is 14.4 Å². The number of para-hydroxylation sites is 2. The highest BCUT2D eigenvalue weighted by Crippen LogP contribution is 2.36. The number of nitrogens with zero attached hydrogens (tertiary/aromatic N) is 2. The highest BCUT2D eigenvalue weighted by molar-refractivity contribution is 6.36. The van der Waals surface area contributed by atoms with Gasteiger partial charge < -0.3 is 21.3 Å². The smallest absolute Gasteiger partial charge is 0.264 e. The Bertz CT molecular complexity index is 693. The molecule has 0 aliphatic carbocycles. The average Bonchev–Trinajstić information content (AvgIpc) is 2.66. The molecule has 0 fully saturated rings. The number of amides is 2. The summed E-state index contributed by atoms with van der Waals surface area (Å²) in [5.41, 5.74) is 10.9. The second kappa shape index (κ2) is 7.78. The Morgan fingerprint density at radius 1 is 0.926 bits per heavy atom. The summed E-state index contributed by atoms with van der Waals surface area (Å²) < 4.78 is 0. The third kappa shape index (κ3) is 3.75. The molecule has 148 valence electrons. The number of Topliss-reactive ketones (excluding diaryl/α,β-unsaturated/α-hetero) is 1. The monoisotopic (exact) mass is 374 g/mol. The van der Waals surface area contributed by atoms with Crippen LogP contribution < -0.4 is 21.3 Å². The predicted molar refractivity (Wildman–Crippen MR) is 106 cm³/mol. The Morgan fingerprint density at radius 2 is 1.30 bits per heavy atom. The summed E-state index contributed by atoms with van der Waals surface area (Å²) in [4.78, 5) is 42.6. The molecule has 7 nitrogen and oxygen atoms in total. The molecule has 2 amide bonds. The molecule has 1 atom stereocenters.